The highest BCUT2D eigenvalue weighted by Gasteiger charge is 2.43. The molecule has 3 nitrogen and oxygen atoms in total. The number of rotatable bonds is 5. The van der Waals surface area contributed by atoms with E-state index in [9.17, 15) is 4.79 Å². The Hall–Kier alpha value is -1.13. The minimum atomic E-state index is -1.85. The summed E-state index contributed by atoms with van der Waals surface area (Å²) in [4.78, 5) is 12.9. The van der Waals surface area contributed by atoms with Gasteiger partial charge in [0.2, 0.25) is 0 Å². The molecule has 0 amide bonds. The van der Waals surface area contributed by atoms with E-state index in [1.54, 1.807) is 7.11 Å². The maximum absolute atomic E-state index is 12.9. The average molecular weight is 335 g/mol. The first-order chi connectivity index (χ1) is 10.7. The molecule has 0 aliphatic heterocycles. The van der Waals surface area contributed by atoms with Crippen molar-refractivity contribution in [2.75, 3.05) is 7.11 Å². The van der Waals surface area contributed by atoms with Crippen LogP contribution in [-0.4, -0.2) is 27.3 Å². The Morgan fingerprint density at radius 1 is 1.13 bits per heavy atom. The molecule has 128 valence electrons. The van der Waals surface area contributed by atoms with Gasteiger partial charge in [-0.05, 0) is 55.2 Å². The summed E-state index contributed by atoms with van der Waals surface area (Å²) in [5, 5.41) is 0.170. The number of hydrogen-bond donors (Lipinski definition) is 0. The van der Waals surface area contributed by atoms with Crippen molar-refractivity contribution in [2.45, 2.75) is 64.3 Å². The highest BCUT2D eigenvalue weighted by atomic mass is 28.4. The zero-order valence-corrected chi connectivity index (χ0v) is 16.3. The van der Waals surface area contributed by atoms with Gasteiger partial charge in [0, 0.05) is 11.5 Å². The van der Waals surface area contributed by atoms with Crippen molar-refractivity contribution >= 4 is 14.1 Å². The van der Waals surface area contributed by atoms with E-state index in [1.807, 2.05) is 24.3 Å². The molecule has 1 saturated carbocycles. The van der Waals surface area contributed by atoms with Gasteiger partial charge in [-0.2, -0.15) is 0 Å². The fraction of sp³-hybridized carbons (Fsp3) is 0.632. The smallest absolute Gasteiger partial charge is 0.192 e. The summed E-state index contributed by atoms with van der Waals surface area (Å²) in [7, 11) is -0.210. The molecule has 1 aromatic rings. The number of carbonyl (C=O) groups is 1. The van der Waals surface area contributed by atoms with Crippen LogP contribution in [0.25, 0.3) is 0 Å². The Balaban J connectivity index is 2.13. The van der Waals surface area contributed by atoms with Crippen molar-refractivity contribution in [3.8, 4) is 5.75 Å². The Bertz CT molecular complexity index is 543. The molecular weight excluding hydrogens is 304 g/mol. The number of ketones is 1. The monoisotopic (exact) mass is 334 g/mol. The van der Waals surface area contributed by atoms with Crippen LogP contribution in [0, 0.1) is 5.92 Å². The summed E-state index contributed by atoms with van der Waals surface area (Å²) in [5.74, 6) is 0.994. The van der Waals surface area contributed by atoms with Crippen LogP contribution in [0.2, 0.25) is 18.1 Å². The molecule has 23 heavy (non-hydrogen) atoms. The molecule has 0 radical (unpaired) electrons. The molecule has 1 fully saturated rings. The van der Waals surface area contributed by atoms with Crippen molar-refractivity contribution in [1.29, 1.82) is 0 Å². The topological polar surface area (TPSA) is 35.5 Å². The lowest BCUT2D eigenvalue weighted by atomic mass is 9.94. The molecule has 0 bridgehead atoms. The predicted octanol–water partition coefficient (Wildman–Crippen LogP) is 5.07. The number of methoxy groups -OCH3 is 1. The van der Waals surface area contributed by atoms with E-state index < -0.39 is 8.32 Å². The second kappa shape index (κ2) is 6.77. The van der Waals surface area contributed by atoms with E-state index in [0.29, 0.717) is 0 Å². The third-order valence-corrected chi connectivity index (χ3v) is 9.92. The largest absolute Gasteiger partial charge is 0.497 e. The first-order valence-electron chi connectivity index (χ1n) is 8.52. The van der Waals surface area contributed by atoms with Crippen LogP contribution in [0.5, 0.6) is 5.75 Å². The third-order valence-electron chi connectivity index (χ3n) is 5.42. The SMILES string of the molecule is COc1ccc(C(=O)[C@@H]2CCC[C@H]2O[Si](C)(C)C(C)(C)C)cc1. The standard InChI is InChI=1S/C19H30O3Si/c1-19(2,3)23(5,6)22-17-9-7-8-16(17)18(20)14-10-12-15(21-4)13-11-14/h10-13,16-17H,7-9H2,1-6H3/t16-,17-/m1/s1. The third kappa shape index (κ3) is 4.04. The summed E-state index contributed by atoms with van der Waals surface area (Å²) in [6.45, 7) is 11.3. The quantitative estimate of drug-likeness (QED) is 0.557. The van der Waals surface area contributed by atoms with Crippen molar-refractivity contribution in [1.82, 2.24) is 0 Å². The molecular formula is C19H30O3Si. The highest BCUT2D eigenvalue weighted by molar-refractivity contribution is 6.74. The van der Waals surface area contributed by atoms with Gasteiger partial charge >= 0.3 is 0 Å². The molecule has 1 aliphatic carbocycles. The zero-order valence-electron chi connectivity index (χ0n) is 15.3. The van der Waals surface area contributed by atoms with E-state index in [0.717, 1.165) is 30.6 Å². The number of ether oxygens (including phenoxy) is 1. The molecule has 0 aromatic heterocycles. The van der Waals surface area contributed by atoms with Crippen LogP contribution in [0.1, 0.15) is 50.4 Å². The summed E-state index contributed by atoms with van der Waals surface area (Å²) in [5.41, 5.74) is 0.765. The van der Waals surface area contributed by atoms with Crippen molar-refractivity contribution in [3.63, 3.8) is 0 Å². The van der Waals surface area contributed by atoms with Crippen LogP contribution < -0.4 is 4.74 Å². The molecule has 0 N–H and O–H groups in total. The molecule has 2 rings (SSSR count). The van der Waals surface area contributed by atoms with E-state index in [1.165, 1.54) is 0 Å². The van der Waals surface area contributed by atoms with Gasteiger partial charge in [-0.1, -0.05) is 27.2 Å². The fourth-order valence-electron chi connectivity index (χ4n) is 2.89. The number of Topliss-reactive ketones (excluding diaryl/α,β-unsaturated/α-hetero) is 1. The molecule has 4 heteroatoms. The Kier molecular flexibility index (Phi) is 5.36. The Morgan fingerprint density at radius 2 is 1.74 bits per heavy atom. The zero-order chi connectivity index (χ0) is 17.3. The van der Waals surface area contributed by atoms with E-state index in [2.05, 4.69) is 33.9 Å². The minimum Gasteiger partial charge on any atom is -0.497 e. The van der Waals surface area contributed by atoms with Gasteiger partial charge < -0.3 is 9.16 Å². The molecule has 0 heterocycles. The van der Waals surface area contributed by atoms with E-state index >= 15 is 0 Å². The molecule has 1 aromatic carbocycles. The van der Waals surface area contributed by atoms with Crippen molar-refractivity contribution in [3.05, 3.63) is 29.8 Å². The van der Waals surface area contributed by atoms with Gasteiger partial charge in [-0.3, -0.25) is 4.79 Å². The van der Waals surface area contributed by atoms with Gasteiger partial charge in [-0.15, -0.1) is 0 Å². The summed E-state index contributed by atoms with van der Waals surface area (Å²) in [6.07, 6.45) is 3.08. The normalized spacial score (nSPS) is 22.2. The van der Waals surface area contributed by atoms with Gasteiger partial charge in [-0.25, -0.2) is 0 Å². The van der Waals surface area contributed by atoms with Crippen LogP contribution >= 0.6 is 0 Å². The lowest BCUT2D eigenvalue weighted by Gasteiger charge is -2.39. The van der Waals surface area contributed by atoms with Crippen LogP contribution in [0.3, 0.4) is 0 Å². The molecule has 0 unspecified atom stereocenters. The van der Waals surface area contributed by atoms with Gasteiger partial charge in [0.1, 0.15) is 5.75 Å². The number of benzene rings is 1. The molecule has 2 atom stereocenters. The molecule has 1 aliphatic rings. The van der Waals surface area contributed by atoms with Crippen molar-refractivity contribution < 1.29 is 14.0 Å². The molecule has 0 spiro atoms. The van der Waals surface area contributed by atoms with Crippen LogP contribution in [0.15, 0.2) is 24.3 Å². The number of hydrogen-bond acceptors (Lipinski definition) is 3. The van der Waals surface area contributed by atoms with E-state index in [-0.39, 0.29) is 22.8 Å². The summed E-state index contributed by atoms with van der Waals surface area (Å²) in [6, 6.07) is 7.43. The maximum Gasteiger partial charge on any atom is 0.192 e. The van der Waals surface area contributed by atoms with E-state index in [4.69, 9.17) is 9.16 Å². The Morgan fingerprint density at radius 3 is 2.26 bits per heavy atom. The average Bonchev–Trinajstić information content (AvgIpc) is 2.93. The van der Waals surface area contributed by atoms with Crippen LogP contribution in [-0.2, 0) is 4.43 Å². The van der Waals surface area contributed by atoms with Gasteiger partial charge in [0.15, 0.2) is 14.1 Å². The summed E-state index contributed by atoms with van der Waals surface area (Å²) >= 11 is 0. The predicted molar refractivity (Wildman–Crippen MR) is 96.7 cm³/mol. The minimum absolute atomic E-state index is 0.00230. The molecule has 0 saturated heterocycles. The first-order valence-corrected chi connectivity index (χ1v) is 11.4. The second-order valence-corrected chi connectivity index (χ2v) is 12.8. The maximum atomic E-state index is 12.9. The lowest BCUT2D eigenvalue weighted by molar-refractivity contribution is 0.0777. The van der Waals surface area contributed by atoms with Crippen molar-refractivity contribution in [2.24, 2.45) is 5.92 Å². The Labute approximate surface area is 141 Å². The van der Waals surface area contributed by atoms with Crippen LogP contribution in [0.4, 0.5) is 0 Å². The second-order valence-electron chi connectivity index (χ2n) is 8.05. The fourth-order valence-corrected chi connectivity index (χ4v) is 4.28. The van der Waals surface area contributed by atoms with Gasteiger partial charge in [0.05, 0.1) is 13.2 Å². The summed E-state index contributed by atoms with van der Waals surface area (Å²) < 4.78 is 11.7. The first kappa shape index (κ1) is 18.2. The lowest BCUT2D eigenvalue weighted by Crippen LogP contribution is -2.45. The number of carbonyl (C=O) groups excluding carboxylic acids is 1. The highest BCUT2D eigenvalue weighted by Crippen LogP contribution is 2.41. The van der Waals surface area contributed by atoms with Gasteiger partial charge in [0.25, 0.3) is 0 Å².